The Kier molecular flexibility index (Phi) is 3.01. The number of nitrogens with one attached hydrogen (secondary N) is 1. The van der Waals surface area contributed by atoms with Crippen molar-refractivity contribution in [2.45, 2.75) is 25.5 Å². The van der Waals surface area contributed by atoms with Crippen LogP contribution in [-0.2, 0) is 11.4 Å². The average Bonchev–Trinajstić information content (AvgIpc) is 3.01. The van der Waals surface area contributed by atoms with E-state index in [-0.39, 0.29) is 0 Å². The lowest BCUT2D eigenvalue weighted by atomic mass is 10.2. The predicted octanol–water partition coefficient (Wildman–Crippen LogP) is 1.88. The van der Waals surface area contributed by atoms with Gasteiger partial charge in [0.05, 0.1) is 13.2 Å². The number of ether oxygens (including phenoxy) is 1. The Hall–Kier alpha value is -1.06. The quantitative estimate of drug-likeness (QED) is 0.724. The van der Waals surface area contributed by atoms with Crippen LogP contribution in [0.5, 0.6) is 5.75 Å². The Morgan fingerprint density at radius 2 is 2.14 bits per heavy atom. The molecule has 0 aliphatic heterocycles. The third-order valence-corrected chi connectivity index (χ3v) is 2.20. The van der Waals surface area contributed by atoms with Crippen molar-refractivity contribution in [2.75, 3.05) is 7.11 Å². The van der Waals surface area contributed by atoms with Gasteiger partial charge < -0.3 is 9.57 Å². The van der Waals surface area contributed by atoms with Crippen LogP contribution >= 0.6 is 0 Å². The van der Waals surface area contributed by atoms with Crippen molar-refractivity contribution in [3.8, 4) is 5.75 Å². The van der Waals surface area contributed by atoms with Crippen LogP contribution in [0.2, 0.25) is 0 Å². The molecule has 0 spiro atoms. The molecule has 0 unspecified atom stereocenters. The van der Waals surface area contributed by atoms with Crippen LogP contribution in [0.3, 0.4) is 0 Å². The van der Waals surface area contributed by atoms with E-state index in [0.29, 0.717) is 12.6 Å². The van der Waals surface area contributed by atoms with Gasteiger partial charge >= 0.3 is 0 Å². The van der Waals surface area contributed by atoms with Gasteiger partial charge in [-0.15, -0.1) is 0 Å². The highest BCUT2D eigenvalue weighted by Gasteiger charge is 2.24. The number of hydroxylamine groups is 1. The second kappa shape index (κ2) is 4.44. The molecule has 1 aromatic rings. The minimum Gasteiger partial charge on any atom is -0.490 e. The van der Waals surface area contributed by atoms with Gasteiger partial charge in [-0.05, 0) is 18.9 Å². The van der Waals surface area contributed by atoms with E-state index in [1.165, 1.54) is 12.8 Å². The predicted molar refractivity (Wildman–Crippen MR) is 53.9 cm³/mol. The van der Waals surface area contributed by atoms with Gasteiger partial charge in [0.25, 0.3) is 0 Å². The van der Waals surface area contributed by atoms with Gasteiger partial charge in [0.1, 0.15) is 5.75 Å². The van der Waals surface area contributed by atoms with Crippen molar-refractivity contribution in [3.63, 3.8) is 0 Å². The second-order valence-corrected chi connectivity index (χ2v) is 3.45. The fourth-order valence-electron chi connectivity index (χ4n) is 1.28. The summed E-state index contributed by atoms with van der Waals surface area (Å²) in [6.45, 7) is 0.680. The standard InChI is InChI=1S/C11H15NO2/c1-13-12-8-9-4-2-3-5-11(9)14-10-6-7-10/h2-5,10,12H,6-8H2,1H3. The topological polar surface area (TPSA) is 30.5 Å². The van der Waals surface area contributed by atoms with Crippen LogP contribution in [0.25, 0.3) is 0 Å². The van der Waals surface area contributed by atoms with Crippen molar-refractivity contribution < 1.29 is 9.57 Å². The van der Waals surface area contributed by atoms with Crippen LogP contribution < -0.4 is 10.2 Å². The molecule has 1 fully saturated rings. The Morgan fingerprint density at radius 1 is 1.36 bits per heavy atom. The molecule has 3 nitrogen and oxygen atoms in total. The highest BCUT2D eigenvalue weighted by molar-refractivity contribution is 5.33. The van der Waals surface area contributed by atoms with E-state index in [2.05, 4.69) is 5.48 Å². The highest BCUT2D eigenvalue weighted by atomic mass is 16.6. The van der Waals surface area contributed by atoms with Crippen molar-refractivity contribution in [1.29, 1.82) is 0 Å². The van der Waals surface area contributed by atoms with Gasteiger partial charge in [0.2, 0.25) is 0 Å². The molecule has 0 saturated heterocycles. The van der Waals surface area contributed by atoms with Gasteiger partial charge in [-0.1, -0.05) is 18.2 Å². The third kappa shape index (κ3) is 2.47. The second-order valence-electron chi connectivity index (χ2n) is 3.45. The monoisotopic (exact) mass is 193 g/mol. The van der Waals surface area contributed by atoms with E-state index in [9.17, 15) is 0 Å². The zero-order valence-electron chi connectivity index (χ0n) is 8.32. The smallest absolute Gasteiger partial charge is 0.124 e. The first-order valence-corrected chi connectivity index (χ1v) is 4.90. The molecule has 0 aromatic heterocycles. The lowest BCUT2D eigenvalue weighted by molar-refractivity contribution is 0.0858. The maximum Gasteiger partial charge on any atom is 0.124 e. The fraction of sp³-hybridized carbons (Fsp3) is 0.455. The molecular weight excluding hydrogens is 178 g/mol. The summed E-state index contributed by atoms with van der Waals surface area (Å²) in [6.07, 6.45) is 2.82. The molecule has 76 valence electrons. The van der Waals surface area contributed by atoms with Gasteiger partial charge in [0, 0.05) is 12.1 Å². The van der Waals surface area contributed by atoms with Crippen molar-refractivity contribution >= 4 is 0 Å². The number of hydrogen-bond donors (Lipinski definition) is 1. The summed E-state index contributed by atoms with van der Waals surface area (Å²) in [5.74, 6) is 0.972. The average molecular weight is 193 g/mol. The Labute approximate surface area is 84.0 Å². The van der Waals surface area contributed by atoms with E-state index < -0.39 is 0 Å². The Balaban J connectivity index is 2.02. The molecule has 0 amide bonds. The van der Waals surface area contributed by atoms with Gasteiger partial charge in [-0.2, -0.15) is 5.48 Å². The maximum atomic E-state index is 5.76. The summed E-state index contributed by atoms with van der Waals surface area (Å²) < 4.78 is 5.76. The first-order valence-electron chi connectivity index (χ1n) is 4.90. The highest BCUT2D eigenvalue weighted by Crippen LogP contribution is 2.28. The van der Waals surface area contributed by atoms with Crippen LogP contribution in [0, 0.1) is 0 Å². The molecule has 0 heterocycles. The van der Waals surface area contributed by atoms with E-state index in [0.717, 1.165) is 11.3 Å². The number of rotatable bonds is 5. The zero-order valence-corrected chi connectivity index (χ0v) is 8.32. The Bertz CT molecular complexity index is 297. The normalized spacial score (nSPS) is 15.5. The van der Waals surface area contributed by atoms with Crippen molar-refractivity contribution in [2.24, 2.45) is 0 Å². The summed E-state index contributed by atoms with van der Waals surface area (Å²) >= 11 is 0. The zero-order chi connectivity index (χ0) is 9.80. The summed E-state index contributed by atoms with van der Waals surface area (Å²) in [5.41, 5.74) is 3.96. The fourth-order valence-corrected chi connectivity index (χ4v) is 1.28. The molecule has 1 aliphatic carbocycles. The van der Waals surface area contributed by atoms with E-state index >= 15 is 0 Å². The number of benzene rings is 1. The summed E-state index contributed by atoms with van der Waals surface area (Å²) in [5, 5.41) is 0. The largest absolute Gasteiger partial charge is 0.490 e. The summed E-state index contributed by atoms with van der Waals surface area (Å²) in [6, 6.07) is 8.05. The van der Waals surface area contributed by atoms with Crippen LogP contribution in [0.4, 0.5) is 0 Å². The molecule has 1 aliphatic rings. The minimum absolute atomic E-state index is 0.443. The van der Waals surface area contributed by atoms with Crippen LogP contribution in [0.15, 0.2) is 24.3 Å². The molecule has 0 bridgehead atoms. The molecule has 0 radical (unpaired) electrons. The molecule has 3 heteroatoms. The SMILES string of the molecule is CONCc1ccccc1OC1CC1. The van der Waals surface area contributed by atoms with Gasteiger partial charge in [-0.3, -0.25) is 0 Å². The first-order chi connectivity index (χ1) is 6.90. The van der Waals surface area contributed by atoms with E-state index in [4.69, 9.17) is 9.57 Å². The third-order valence-electron chi connectivity index (χ3n) is 2.20. The first kappa shape index (κ1) is 9.49. The minimum atomic E-state index is 0.443. The molecule has 1 aromatic carbocycles. The lowest BCUT2D eigenvalue weighted by Gasteiger charge is -2.10. The molecule has 1 saturated carbocycles. The van der Waals surface area contributed by atoms with Crippen molar-refractivity contribution in [1.82, 2.24) is 5.48 Å². The maximum absolute atomic E-state index is 5.76. The lowest BCUT2D eigenvalue weighted by Crippen LogP contribution is -2.12. The van der Waals surface area contributed by atoms with E-state index in [1.807, 2.05) is 24.3 Å². The summed E-state index contributed by atoms with van der Waals surface area (Å²) in [4.78, 5) is 4.82. The molecular formula is C11H15NO2. The Morgan fingerprint density at radius 3 is 2.86 bits per heavy atom. The number of hydrogen-bond acceptors (Lipinski definition) is 3. The van der Waals surface area contributed by atoms with Gasteiger partial charge in [-0.25, -0.2) is 0 Å². The molecule has 14 heavy (non-hydrogen) atoms. The van der Waals surface area contributed by atoms with Gasteiger partial charge in [0.15, 0.2) is 0 Å². The van der Waals surface area contributed by atoms with Crippen LogP contribution in [0.1, 0.15) is 18.4 Å². The molecule has 0 atom stereocenters. The molecule has 1 N–H and O–H groups in total. The molecule has 2 rings (SSSR count). The van der Waals surface area contributed by atoms with E-state index in [1.54, 1.807) is 7.11 Å². The van der Waals surface area contributed by atoms with Crippen LogP contribution in [-0.4, -0.2) is 13.2 Å². The number of para-hydroxylation sites is 1. The summed E-state index contributed by atoms with van der Waals surface area (Å²) in [7, 11) is 1.62. The van der Waals surface area contributed by atoms with Crippen molar-refractivity contribution in [3.05, 3.63) is 29.8 Å².